The van der Waals surface area contributed by atoms with Crippen molar-refractivity contribution < 1.29 is 19.1 Å². The summed E-state index contributed by atoms with van der Waals surface area (Å²) in [5.41, 5.74) is 0.439. The lowest BCUT2D eigenvalue weighted by Crippen LogP contribution is -2.32. The molecule has 0 fully saturated rings. The molecule has 5 heteroatoms. The van der Waals surface area contributed by atoms with Gasteiger partial charge in [-0.05, 0) is 31.5 Å². The molecule has 1 amide bonds. The zero-order valence-corrected chi connectivity index (χ0v) is 11.1. The van der Waals surface area contributed by atoms with Crippen LogP contribution in [0.3, 0.4) is 0 Å². The molecule has 0 aliphatic carbocycles. The Morgan fingerprint density at radius 2 is 1.74 bits per heavy atom. The van der Waals surface area contributed by atoms with Crippen LogP contribution in [0.25, 0.3) is 0 Å². The van der Waals surface area contributed by atoms with Gasteiger partial charge in [0, 0.05) is 19.5 Å². The second kappa shape index (κ2) is 6.87. The predicted octanol–water partition coefficient (Wildman–Crippen LogP) is 2.25. The molecule has 0 bridgehead atoms. The molecule has 1 aromatic carbocycles. The molecule has 0 saturated heterocycles. The fraction of sp³-hybridized carbons (Fsp3) is 0.429. The van der Waals surface area contributed by atoms with Gasteiger partial charge in [0.05, 0.1) is 5.92 Å². The van der Waals surface area contributed by atoms with Crippen molar-refractivity contribution in [3.8, 4) is 0 Å². The smallest absolute Gasteiger partial charge is 0.311 e. The van der Waals surface area contributed by atoms with Gasteiger partial charge in [0.25, 0.3) is 0 Å². The highest BCUT2D eigenvalue weighted by Crippen LogP contribution is 2.21. The average molecular weight is 267 g/mol. The Kier molecular flexibility index (Phi) is 5.48. The van der Waals surface area contributed by atoms with Crippen LogP contribution >= 0.6 is 0 Å². The largest absolute Gasteiger partial charge is 0.481 e. The molecule has 0 spiro atoms. The summed E-state index contributed by atoms with van der Waals surface area (Å²) < 4.78 is 12.8. The van der Waals surface area contributed by atoms with Crippen LogP contribution in [0.4, 0.5) is 4.39 Å². The Balaban J connectivity index is 2.87. The van der Waals surface area contributed by atoms with Gasteiger partial charge in [-0.3, -0.25) is 9.59 Å². The third kappa shape index (κ3) is 4.05. The van der Waals surface area contributed by atoms with E-state index in [-0.39, 0.29) is 12.3 Å². The third-order valence-corrected chi connectivity index (χ3v) is 3.07. The molecule has 1 atom stereocenters. The molecule has 1 unspecified atom stereocenters. The van der Waals surface area contributed by atoms with E-state index in [0.29, 0.717) is 18.7 Å². The number of carbonyl (C=O) groups is 2. The summed E-state index contributed by atoms with van der Waals surface area (Å²) in [4.78, 5) is 24.8. The van der Waals surface area contributed by atoms with Gasteiger partial charge in [-0.25, -0.2) is 4.39 Å². The molecule has 4 nitrogen and oxygen atoms in total. The zero-order chi connectivity index (χ0) is 14.4. The molecule has 1 aromatic rings. The van der Waals surface area contributed by atoms with Crippen molar-refractivity contribution in [1.82, 2.24) is 4.90 Å². The number of benzene rings is 1. The van der Waals surface area contributed by atoms with Crippen LogP contribution < -0.4 is 0 Å². The SMILES string of the molecule is CCN(CC)C(=O)CC(C(=O)O)c1ccc(F)cc1. The number of amides is 1. The minimum Gasteiger partial charge on any atom is -0.481 e. The molecule has 0 heterocycles. The van der Waals surface area contributed by atoms with Crippen LogP contribution in [0.15, 0.2) is 24.3 Å². The molecule has 0 aromatic heterocycles. The lowest BCUT2D eigenvalue weighted by atomic mass is 9.95. The van der Waals surface area contributed by atoms with Crippen LogP contribution in [0, 0.1) is 5.82 Å². The number of aliphatic carboxylic acids is 1. The summed E-state index contributed by atoms with van der Waals surface area (Å²) >= 11 is 0. The normalized spacial score (nSPS) is 11.9. The van der Waals surface area contributed by atoms with Crippen molar-refractivity contribution in [2.75, 3.05) is 13.1 Å². The van der Waals surface area contributed by atoms with E-state index in [1.807, 2.05) is 13.8 Å². The first-order valence-electron chi connectivity index (χ1n) is 6.25. The fourth-order valence-electron chi connectivity index (χ4n) is 1.92. The van der Waals surface area contributed by atoms with Crippen LogP contribution in [0.5, 0.6) is 0 Å². The quantitative estimate of drug-likeness (QED) is 0.860. The lowest BCUT2D eigenvalue weighted by Gasteiger charge is -2.21. The number of hydrogen-bond donors (Lipinski definition) is 1. The summed E-state index contributed by atoms with van der Waals surface area (Å²) in [5, 5.41) is 9.21. The van der Waals surface area contributed by atoms with Crippen molar-refractivity contribution in [2.24, 2.45) is 0 Å². The van der Waals surface area contributed by atoms with Gasteiger partial charge in [-0.15, -0.1) is 0 Å². The second-order valence-corrected chi connectivity index (χ2v) is 4.21. The Morgan fingerprint density at radius 3 is 2.16 bits per heavy atom. The first-order chi connectivity index (χ1) is 8.99. The molecule has 0 aliphatic rings. The van der Waals surface area contributed by atoms with E-state index in [4.69, 9.17) is 0 Å². The average Bonchev–Trinajstić information content (AvgIpc) is 2.38. The van der Waals surface area contributed by atoms with Gasteiger partial charge in [-0.2, -0.15) is 0 Å². The molecule has 0 saturated carbocycles. The number of carboxylic acids is 1. The van der Waals surface area contributed by atoms with E-state index in [9.17, 15) is 19.1 Å². The Bertz CT molecular complexity index is 441. The lowest BCUT2D eigenvalue weighted by molar-refractivity contribution is -0.142. The van der Waals surface area contributed by atoms with Crippen LogP contribution in [-0.2, 0) is 9.59 Å². The van der Waals surface area contributed by atoms with E-state index >= 15 is 0 Å². The summed E-state index contributed by atoms with van der Waals surface area (Å²) in [7, 11) is 0. The Labute approximate surface area is 111 Å². The van der Waals surface area contributed by atoms with Crippen LogP contribution in [0.2, 0.25) is 0 Å². The van der Waals surface area contributed by atoms with E-state index in [0.717, 1.165) is 0 Å². The van der Waals surface area contributed by atoms with Crippen molar-refractivity contribution in [3.05, 3.63) is 35.6 Å². The molecule has 19 heavy (non-hydrogen) atoms. The molecule has 0 radical (unpaired) electrons. The van der Waals surface area contributed by atoms with Crippen LogP contribution in [0.1, 0.15) is 31.7 Å². The number of carboxylic acid groups (broad SMARTS) is 1. The Morgan fingerprint density at radius 1 is 1.21 bits per heavy atom. The molecule has 0 aliphatic heterocycles. The number of carbonyl (C=O) groups excluding carboxylic acids is 1. The summed E-state index contributed by atoms with van der Waals surface area (Å²) in [6, 6.07) is 5.22. The molecular weight excluding hydrogens is 249 g/mol. The summed E-state index contributed by atoms with van der Waals surface area (Å²) in [6.07, 6.45) is -0.108. The first-order valence-corrected chi connectivity index (χ1v) is 6.25. The topological polar surface area (TPSA) is 57.6 Å². The van der Waals surface area contributed by atoms with E-state index in [2.05, 4.69) is 0 Å². The fourth-order valence-corrected chi connectivity index (χ4v) is 1.92. The first kappa shape index (κ1) is 15.1. The predicted molar refractivity (Wildman–Crippen MR) is 69.3 cm³/mol. The minimum absolute atomic E-state index is 0.108. The highest BCUT2D eigenvalue weighted by molar-refractivity contribution is 5.85. The number of rotatable bonds is 6. The van der Waals surface area contributed by atoms with Gasteiger partial charge in [0.15, 0.2) is 0 Å². The van der Waals surface area contributed by atoms with Gasteiger partial charge < -0.3 is 10.0 Å². The van der Waals surface area contributed by atoms with Gasteiger partial charge >= 0.3 is 5.97 Å². The third-order valence-electron chi connectivity index (χ3n) is 3.07. The van der Waals surface area contributed by atoms with Gasteiger partial charge in [0.2, 0.25) is 5.91 Å². The van der Waals surface area contributed by atoms with Crippen molar-refractivity contribution in [1.29, 1.82) is 0 Å². The molecule has 1 rings (SSSR count). The maximum atomic E-state index is 12.8. The second-order valence-electron chi connectivity index (χ2n) is 4.21. The minimum atomic E-state index is -1.08. The van der Waals surface area contributed by atoms with Gasteiger partial charge in [0.1, 0.15) is 5.82 Å². The highest BCUT2D eigenvalue weighted by Gasteiger charge is 2.25. The van der Waals surface area contributed by atoms with Crippen molar-refractivity contribution >= 4 is 11.9 Å². The van der Waals surface area contributed by atoms with Crippen molar-refractivity contribution in [2.45, 2.75) is 26.2 Å². The number of nitrogens with zero attached hydrogens (tertiary/aromatic N) is 1. The van der Waals surface area contributed by atoms with E-state index in [1.165, 1.54) is 24.3 Å². The summed E-state index contributed by atoms with van der Waals surface area (Å²) in [6.45, 7) is 4.78. The van der Waals surface area contributed by atoms with Gasteiger partial charge in [-0.1, -0.05) is 12.1 Å². The summed E-state index contributed by atoms with van der Waals surface area (Å²) in [5.74, 6) is -2.65. The number of halogens is 1. The Hall–Kier alpha value is -1.91. The molecular formula is C14H18FNO3. The zero-order valence-electron chi connectivity index (χ0n) is 11.1. The maximum Gasteiger partial charge on any atom is 0.311 e. The highest BCUT2D eigenvalue weighted by atomic mass is 19.1. The molecule has 104 valence electrons. The molecule has 1 N–H and O–H groups in total. The van der Waals surface area contributed by atoms with E-state index < -0.39 is 17.7 Å². The van der Waals surface area contributed by atoms with Crippen LogP contribution in [-0.4, -0.2) is 35.0 Å². The van der Waals surface area contributed by atoms with Crippen molar-refractivity contribution in [3.63, 3.8) is 0 Å². The standard InChI is InChI=1S/C14H18FNO3/c1-3-16(4-2)13(17)9-12(14(18)19)10-5-7-11(15)8-6-10/h5-8,12H,3-4,9H2,1-2H3,(H,18,19). The van der Waals surface area contributed by atoms with E-state index in [1.54, 1.807) is 4.90 Å². The maximum absolute atomic E-state index is 12.8. The number of hydrogen-bond acceptors (Lipinski definition) is 2. The monoisotopic (exact) mass is 267 g/mol.